The van der Waals surface area contributed by atoms with Gasteiger partial charge in [0.2, 0.25) is 0 Å². The van der Waals surface area contributed by atoms with E-state index >= 15 is 0 Å². The molecular weight excluding hydrogens is 206 g/mol. The van der Waals surface area contributed by atoms with Crippen molar-refractivity contribution in [1.29, 1.82) is 0 Å². The lowest BCUT2D eigenvalue weighted by molar-refractivity contribution is 0.377. The lowest BCUT2D eigenvalue weighted by Crippen LogP contribution is -1.55. The van der Waals surface area contributed by atoms with E-state index in [1.165, 1.54) is 0 Å². The molecule has 0 aromatic rings. The molecule has 0 radical (unpaired) electrons. The molecule has 0 spiro atoms. The highest BCUT2D eigenvalue weighted by Gasteiger charge is 1.77. The Morgan fingerprint density at radius 2 is 1.25 bits per heavy atom. The standard InChI is InChI=1S/2C2H5O3P/c2*1-2-5-6(3)4/h2*2,6H,1H2,(H,3,4). The monoisotopic (exact) mass is 216 g/mol. The third kappa shape index (κ3) is 22.7. The van der Waals surface area contributed by atoms with E-state index in [-0.39, 0.29) is 0 Å². The van der Waals surface area contributed by atoms with E-state index in [1.807, 2.05) is 0 Å². The lowest BCUT2D eigenvalue weighted by atomic mass is 11.2. The molecule has 0 bridgehead atoms. The van der Waals surface area contributed by atoms with Crippen LogP contribution in [0.15, 0.2) is 25.7 Å². The summed E-state index contributed by atoms with van der Waals surface area (Å²) in [5, 5.41) is 0. The second kappa shape index (κ2) is 10.5. The third-order valence-corrected chi connectivity index (χ3v) is 1.10. The fourth-order valence-electron chi connectivity index (χ4n) is 0.143. The van der Waals surface area contributed by atoms with Crippen molar-refractivity contribution in [2.75, 3.05) is 0 Å². The average molecular weight is 216 g/mol. The van der Waals surface area contributed by atoms with Crippen LogP contribution in [0.25, 0.3) is 0 Å². The maximum Gasteiger partial charge on any atom is 0.364 e. The van der Waals surface area contributed by atoms with Crippen LogP contribution in [0.4, 0.5) is 0 Å². The molecule has 0 amide bonds. The van der Waals surface area contributed by atoms with Crippen molar-refractivity contribution in [1.82, 2.24) is 0 Å². The molecule has 8 heteroatoms. The largest absolute Gasteiger partial charge is 0.435 e. The molecule has 72 valence electrons. The van der Waals surface area contributed by atoms with Crippen LogP contribution in [0.5, 0.6) is 0 Å². The van der Waals surface area contributed by atoms with E-state index in [0.29, 0.717) is 0 Å². The SMILES string of the molecule is C=CO[PH](=O)O.C=CO[PH](=O)O. The van der Waals surface area contributed by atoms with Crippen molar-refractivity contribution in [3.05, 3.63) is 25.7 Å². The summed E-state index contributed by atoms with van der Waals surface area (Å²) in [6.45, 7) is 6.09. The summed E-state index contributed by atoms with van der Waals surface area (Å²) in [6.07, 6.45) is 1.86. The van der Waals surface area contributed by atoms with Crippen molar-refractivity contribution in [2.24, 2.45) is 0 Å². The first kappa shape index (κ1) is 14.0. The van der Waals surface area contributed by atoms with Crippen molar-refractivity contribution in [3.8, 4) is 0 Å². The number of hydrogen-bond acceptors (Lipinski definition) is 4. The second-order valence-electron chi connectivity index (χ2n) is 1.10. The van der Waals surface area contributed by atoms with Crippen molar-refractivity contribution < 1.29 is 28.0 Å². The van der Waals surface area contributed by atoms with Gasteiger partial charge in [-0.05, 0) is 0 Å². The first-order chi connectivity index (χ1) is 5.54. The van der Waals surface area contributed by atoms with Crippen LogP contribution >= 0.6 is 16.5 Å². The summed E-state index contributed by atoms with van der Waals surface area (Å²) < 4.78 is 26.8. The maximum absolute atomic E-state index is 9.49. The summed E-state index contributed by atoms with van der Waals surface area (Å²) in [6, 6.07) is 0. The predicted molar refractivity (Wildman–Crippen MR) is 45.0 cm³/mol. The smallest absolute Gasteiger partial charge is 0.364 e. The van der Waals surface area contributed by atoms with Gasteiger partial charge in [0.05, 0.1) is 12.5 Å². The molecule has 0 aliphatic heterocycles. The molecule has 2 N–H and O–H groups in total. The van der Waals surface area contributed by atoms with Crippen molar-refractivity contribution in [2.45, 2.75) is 0 Å². The van der Waals surface area contributed by atoms with Gasteiger partial charge < -0.3 is 18.8 Å². The molecule has 0 heterocycles. The minimum atomic E-state index is -2.75. The van der Waals surface area contributed by atoms with Gasteiger partial charge in [0.25, 0.3) is 0 Å². The minimum Gasteiger partial charge on any atom is -0.435 e. The van der Waals surface area contributed by atoms with Gasteiger partial charge in [-0.15, -0.1) is 0 Å². The third-order valence-electron chi connectivity index (χ3n) is 0.368. The van der Waals surface area contributed by atoms with Gasteiger partial charge in [-0.2, -0.15) is 0 Å². The van der Waals surface area contributed by atoms with Gasteiger partial charge >= 0.3 is 16.5 Å². The van der Waals surface area contributed by atoms with E-state index < -0.39 is 16.5 Å². The topological polar surface area (TPSA) is 93.1 Å². The highest BCUT2D eigenvalue weighted by molar-refractivity contribution is 7.32. The minimum absolute atomic E-state index is 0.932. The Morgan fingerprint density at radius 3 is 1.25 bits per heavy atom. The number of rotatable bonds is 4. The quantitative estimate of drug-likeness (QED) is 0.539. The number of hydrogen-bond donors (Lipinski definition) is 2. The van der Waals surface area contributed by atoms with E-state index in [0.717, 1.165) is 12.5 Å². The van der Waals surface area contributed by atoms with Gasteiger partial charge in [-0.3, -0.25) is 0 Å². The molecule has 0 saturated heterocycles. The Bertz CT molecular complexity index is 158. The van der Waals surface area contributed by atoms with Crippen LogP contribution in [0.2, 0.25) is 0 Å². The molecule has 2 atom stereocenters. The lowest BCUT2D eigenvalue weighted by Gasteiger charge is -1.84. The summed E-state index contributed by atoms with van der Waals surface area (Å²) in [5.41, 5.74) is 0. The summed E-state index contributed by atoms with van der Waals surface area (Å²) >= 11 is 0. The molecule has 0 fully saturated rings. The molecule has 0 rings (SSSR count). The normalized spacial score (nSPS) is 12.8. The summed E-state index contributed by atoms with van der Waals surface area (Å²) in [4.78, 5) is 15.6. The van der Waals surface area contributed by atoms with Gasteiger partial charge in [-0.1, -0.05) is 13.2 Å². The zero-order valence-electron chi connectivity index (χ0n) is 6.10. The van der Waals surface area contributed by atoms with Crippen LogP contribution in [0.3, 0.4) is 0 Å². The highest BCUT2D eigenvalue weighted by atomic mass is 31.1. The molecule has 0 aromatic heterocycles. The van der Waals surface area contributed by atoms with Crippen LogP contribution in [-0.4, -0.2) is 9.79 Å². The maximum atomic E-state index is 9.49. The molecule has 0 aliphatic carbocycles. The van der Waals surface area contributed by atoms with Crippen LogP contribution in [-0.2, 0) is 18.2 Å². The van der Waals surface area contributed by atoms with Gasteiger partial charge in [-0.25, -0.2) is 9.13 Å². The van der Waals surface area contributed by atoms with Crippen LogP contribution < -0.4 is 0 Å². The van der Waals surface area contributed by atoms with Crippen LogP contribution in [0, 0.1) is 0 Å². The zero-order chi connectivity index (χ0) is 9.98. The van der Waals surface area contributed by atoms with Crippen molar-refractivity contribution >= 4 is 16.5 Å². The summed E-state index contributed by atoms with van der Waals surface area (Å²) in [7, 11) is -5.51. The Labute approximate surface area is 71.0 Å². The van der Waals surface area contributed by atoms with Gasteiger partial charge in [0, 0.05) is 0 Å². The second-order valence-corrected chi connectivity index (χ2v) is 2.64. The predicted octanol–water partition coefficient (Wildman–Crippen LogP) is 1.06. The first-order valence-corrected chi connectivity index (χ1v) is 5.08. The molecular formula is C4H10O6P2. The molecule has 0 aliphatic rings. The Morgan fingerprint density at radius 1 is 1.00 bits per heavy atom. The molecule has 12 heavy (non-hydrogen) atoms. The zero-order valence-corrected chi connectivity index (χ0v) is 8.10. The van der Waals surface area contributed by atoms with Crippen molar-refractivity contribution in [3.63, 3.8) is 0 Å². The highest BCUT2D eigenvalue weighted by Crippen LogP contribution is 2.13. The van der Waals surface area contributed by atoms with E-state index in [2.05, 4.69) is 22.2 Å². The Balaban J connectivity index is 0. The molecule has 0 aromatic carbocycles. The van der Waals surface area contributed by atoms with E-state index in [4.69, 9.17) is 9.79 Å². The van der Waals surface area contributed by atoms with E-state index in [9.17, 15) is 9.13 Å². The van der Waals surface area contributed by atoms with E-state index in [1.54, 1.807) is 0 Å². The molecule has 6 nitrogen and oxygen atoms in total. The fourth-order valence-corrected chi connectivity index (χ4v) is 0.428. The summed E-state index contributed by atoms with van der Waals surface area (Å²) in [5.74, 6) is 0. The Kier molecular flexibility index (Phi) is 12.2. The average Bonchev–Trinajstić information content (AvgIpc) is 1.87. The first-order valence-electron chi connectivity index (χ1n) is 2.55. The fraction of sp³-hybridized carbons (Fsp3) is 0. The molecule has 2 unspecified atom stereocenters. The van der Waals surface area contributed by atoms with Gasteiger partial charge in [0.1, 0.15) is 0 Å². The molecule has 0 saturated carbocycles. The van der Waals surface area contributed by atoms with Crippen LogP contribution in [0.1, 0.15) is 0 Å². The Hall–Kier alpha value is -0.540. The van der Waals surface area contributed by atoms with Gasteiger partial charge in [0.15, 0.2) is 0 Å².